The van der Waals surface area contributed by atoms with E-state index in [-0.39, 0.29) is 0 Å². The number of nitrogens with zero attached hydrogens (tertiary/aromatic N) is 2. The molecule has 1 aromatic heterocycles. The van der Waals surface area contributed by atoms with Gasteiger partial charge < -0.3 is 9.15 Å². The van der Waals surface area contributed by atoms with E-state index < -0.39 is 0 Å². The highest BCUT2D eigenvalue weighted by Gasteiger charge is 2.12. The minimum Gasteiger partial charge on any atom is -0.488 e. The van der Waals surface area contributed by atoms with E-state index in [1.165, 1.54) is 0 Å². The third kappa shape index (κ3) is 2.99. The molecule has 0 aliphatic carbocycles. The highest BCUT2D eigenvalue weighted by Crippen LogP contribution is 2.32. The van der Waals surface area contributed by atoms with Crippen LogP contribution < -0.4 is 4.74 Å². The molecular formula is C18H14N2O2. The van der Waals surface area contributed by atoms with Gasteiger partial charge in [-0.25, -0.2) is 4.98 Å². The number of rotatable bonds is 4. The Morgan fingerprint density at radius 1 is 1.18 bits per heavy atom. The first kappa shape index (κ1) is 13.9. The second kappa shape index (κ2) is 6.15. The predicted molar refractivity (Wildman–Crippen MR) is 82.2 cm³/mol. The molecule has 0 aliphatic rings. The maximum atomic E-state index is 9.07. The van der Waals surface area contributed by atoms with Gasteiger partial charge in [0, 0.05) is 6.92 Å². The average molecular weight is 290 g/mol. The van der Waals surface area contributed by atoms with E-state index in [1.807, 2.05) is 36.4 Å². The van der Waals surface area contributed by atoms with Crippen molar-refractivity contribution in [2.45, 2.75) is 13.5 Å². The minimum absolute atomic E-state index is 0.426. The smallest absolute Gasteiger partial charge is 0.191 e. The van der Waals surface area contributed by atoms with Crippen molar-refractivity contribution < 1.29 is 9.15 Å². The van der Waals surface area contributed by atoms with E-state index in [2.05, 4.69) is 11.1 Å². The summed E-state index contributed by atoms with van der Waals surface area (Å²) in [5, 5.41) is 9.07. The van der Waals surface area contributed by atoms with Crippen LogP contribution in [0.1, 0.15) is 17.0 Å². The van der Waals surface area contributed by atoms with Gasteiger partial charge in [-0.1, -0.05) is 30.3 Å². The zero-order chi connectivity index (χ0) is 15.4. The first-order valence-corrected chi connectivity index (χ1v) is 6.90. The van der Waals surface area contributed by atoms with Crippen LogP contribution in [0.3, 0.4) is 0 Å². The van der Waals surface area contributed by atoms with Crippen LogP contribution in [0.4, 0.5) is 0 Å². The van der Waals surface area contributed by atoms with Crippen LogP contribution in [0, 0.1) is 18.3 Å². The Kier molecular flexibility index (Phi) is 3.88. The van der Waals surface area contributed by atoms with E-state index in [1.54, 1.807) is 25.3 Å². The molecule has 0 aliphatic heterocycles. The highest BCUT2D eigenvalue weighted by molar-refractivity contribution is 5.66. The van der Waals surface area contributed by atoms with Gasteiger partial charge in [-0.15, -0.1) is 0 Å². The first-order valence-electron chi connectivity index (χ1n) is 6.90. The van der Waals surface area contributed by atoms with E-state index >= 15 is 0 Å². The molecule has 0 atom stereocenters. The van der Waals surface area contributed by atoms with Crippen molar-refractivity contribution in [3.05, 3.63) is 71.7 Å². The molecule has 3 aromatic rings. The molecule has 0 bridgehead atoms. The molecule has 2 aromatic carbocycles. The molecule has 108 valence electrons. The van der Waals surface area contributed by atoms with E-state index in [0.717, 1.165) is 11.1 Å². The van der Waals surface area contributed by atoms with Crippen LogP contribution >= 0.6 is 0 Å². The van der Waals surface area contributed by atoms with Crippen LogP contribution in [0.2, 0.25) is 0 Å². The Hall–Kier alpha value is -3.06. The fraction of sp³-hybridized carbons (Fsp3) is 0.111. The fourth-order valence-electron chi connectivity index (χ4n) is 2.14. The Bertz CT molecular complexity index is 817. The van der Waals surface area contributed by atoms with Crippen molar-refractivity contribution in [3.8, 4) is 23.1 Å². The number of benzene rings is 2. The lowest BCUT2D eigenvalue weighted by Gasteiger charge is -2.10. The lowest BCUT2D eigenvalue weighted by atomic mass is 10.1. The summed E-state index contributed by atoms with van der Waals surface area (Å²) in [6.45, 7) is 2.22. The van der Waals surface area contributed by atoms with Gasteiger partial charge in [0.25, 0.3) is 0 Å². The number of nitriles is 1. The number of hydrogen-bond acceptors (Lipinski definition) is 4. The van der Waals surface area contributed by atoms with Gasteiger partial charge in [0.15, 0.2) is 11.7 Å². The van der Waals surface area contributed by atoms with Crippen molar-refractivity contribution in [1.29, 1.82) is 5.26 Å². The Balaban J connectivity index is 1.92. The largest absolute Gasteiger partial charge is 0.488 e. The summed E-state index contributed by atoms with van der Waals surface area (Å²) in [6.07, 6.45) is 1.66. The third-order valence-corrected chi connectivity index (χ3v) is 3.23. The van der Waals surface area contributed by atoms with Crippen molar-refractivity contribution in [1.82, 2.24) is 4.98 Å². The maximum absolute atomic E-state index is 9.07. The summed E-state index contributed by atoms with van der Waals surface area (Å²) >= 11 is 0. The van der Waals surface area contributed by atoms with E-state index in [0.29, 0.717) is 29.6 Å². The monoisotopic (exact) mass is 290 g/mol. The Morgan fingerprint density at radius 2 is 2.00 bits per heavy atom. The Morgan fingerprint density at radius 3 is 2.68 bits per heavy atom. The zero-order valence-electron chi connectivity index (χ0n) is 12.1. The molecule has 0 unspecified atom stereocenters. The van der Waals surface area contributed by atoms with Gasteiger partial charge in [0.1, 0.15) is 12.4 Å². The quantitative estimate of drug-likeness (QED) is 0.725. The topological polar surface area (TPSA) is 59.0 Å². The molecular weight excluding hydrogens is 276 g/mol. The minimum atomic E-state index is 0.426. The van der Waals surface area contributed by atoms with Crippen LogP contribution in [0.5, 0.6) is 5.75 Å². The molecule has 0 saturated carbocycles. The molecule has 0 amide bonds. The van der Waals surface area contributed by atoms with Crippen LogP contribution in [-0.4, -0.2) is 4.98 Å². The summed E-state index contributed by atoms with van der Waals surface area (Å²) < 4.78 is 11.5. The average Bonchev–Trinajstić information content (AvgIpc) is 3.00. The van der Waals surface area contributed by atoms with Gasteiger partial charge in [-0.2, -0.15) is 5.26 Å². The van der Waals surface area contributed by atoms with Crippen molar-refractivity contribution in [2.75, 3.05) is 0 Å². The summed E-state index contributed by atoms with van der Waals surface area (Å²) in [6, 6.07) is 17.3. The van der Waals surface area contributed by atoms with Crippen LogP contribution in [0.15, 0.2) is 59.1 Å². The number of aromatic nitrogens is 1. The lowest BCUT2D eigenvalue weighted by Crippen LogP contribution is -1.97. The third-order valence-electron chi connectivity index (χ3n) is 3.23. The molecule has 0 radical (unpaired) electrons. The van der Waals surface area contributed by atoms with Crippen molar-refractivity contribution in [2.24, 2.45) is 0 Å². The molecule has 22 heavy (non-hydrogen) atoms. The molecule has 0 saturated heterocycles. The van der Waals surface area contributed by atoms with Gasteiger partial charge >= 0.3 is 0 Å². The summed E-state index contributed by atoms with van der Waals surface area (Å²) in [7, 11) is 0. The molecule has 4 heteroatoms. The molecule has 0 N–H and O–H groups in total. The summed E-state index contributed by atoms with van der Waals surface area (Å²) in [5.74, 6) is 1.83. The standard InChI is InChI=1S/C18H14N2O2/c1-13-20-11-18(22-13)16-8-7-15(10-19)9-17(16)21-12-14-5-3-2-4-6-14/h2-9,11H,12H2,1H3. The van der Waals surface area contributed by atoms with Crippen LogP contribution in [-0.2, 0) is 6.61 Å². The number of aryl methyl sites for hydroxylation is 1. The number of oxazole rings is 1. The summed E-state index contributed by atoms with van der Waals surface area (Å²) in [4.78, 5) is 4.11. The Labute approximate surface area is 128 Å². The van der Waals surface area contributed by atoms with Gasteiger partial charge in [0.05, 0.1) is 23.4 Å². The normalized spacial score (nSPS) is 10.2. The molecule has 0 spiro atoms. The zero-order valence-corrected chi connectivity index (χ0v) is 12.1. The molecule has 3 rings (SSSR count). The fourth-order valence-corrected chi connectivity index (χ4v) is 2.14. The summed E-state index contributed by atoms with van der Waals surface area (Å²) in [5.41, 5.74) is 2.39. The molecule has 4 nitrogen and oxygen atoms in total. The molecule has 1 heterocycles. The number of hydrogen-bond donors (Lipinski definition) is 0. The second-order valence-corrected chi connectivity index (χ2v) is 4.84. The first-order chi connectivity index (χ1) is 10.8. The lowest BCUT2D eigenvalue weighted by molar-refractivity contribution is 0.306. The second-order valence-electron chi connectivity index (χ2n) is 4.84. The highest BCUT2D eigenvalue weighted by atomic mass is 16.5. The number of ether oxygens (including phenoxy) is 1. The van der Waals surface area contributed by atoms with Gasteiger partial charge in [0.2, 0.25) is 0 Å². The SMILES string of the molecule is Cc1ncc(-c2ccc(C#N)cc2OCc2ccccc2)o1. The predicted octanol–water partition coefficient (Wildman–Crippen LogP) is 4.10. The van der Waals surface area contributed by atoms with E-state index in [4.69, 9.17) is 14.4 Å². The van der Waals surface area contributed by atoms with Gasteiger partial charge in [-0.3, -0.25) is 0 Å². The maximum Gasteiger partial charge on any atom is 0.191 e. The van der Waals surface area contributed by atoms with Crippen LogP contribution in [0.25, 0.3) is 11.3 Å². The van der Waals surface area contributed by atoms with Gasteiger partial charge in [-0.05, 0) is 23.8 Å². The molecule has 0 fully saturated rings. The van der Waals surface area contributed by atoms with E-state index in [9.17, 15) is 0 Å². The van der Waals surface area contributed by atoms with Crippen molar-refractivity contribution in [3.63, 3.8) is 0 Å². The van der Waals surface area contributed by atoms with Crippen molar-refractivity contribution >= 4 is 0 Å².